The fourth-order valence-electron chi connectivity index (χ4n) is 4.77. The van der Waals surface area contributed by atoms with E-state index in [0.717, 1.165) is 23.8 Å². The van der Waals surface area contributed by atoms with Gasteiger partial charge in [-0.25, -0.2) is 14.3 Å². The SMILES string of the molecule is CN1C[C@@H](Oc2cc(F)cc(F)c2)CC(C(=O)NO)C1C(=O)N1CC=C(c2ccccc2)CC1. The largest absolute Gasteiger partial charge is 0.489 e. The molecule has 2 aliphatic heterocycles. The molecule has 1 fully saturated rings. The third kappa shape index (κ3) is 5.26. The van der Waals surface area contributed by atoms with E-state index in [0.29, 0.717) is 19.5 Å². The number of hydroxylamine groups is 1. The standard InChI is InChI=1S/C25H27F2N3O4/c1-29-15-21(34-20-12-18(26)11-19(27)13-20)14-22(24(31)28-33)23(29)25(32)30-9-7-17(8-10-30)16-5-3-2-4-6-16/h2-7,11-13,21-23,33H,8-10,14-15H2,1H3,(H,28,31)/t21-,22?,23?/m0/s1. The molecule has 2 heterocycles. The number of likely N-dealkylation sites (N-methyl/N-ethyl adjacent to an activating group) is 1. The molecule has 0 bridgehead atoms. The number of nitrogens with one attached hydrogen (secondary N) is 1. The van der Waals surface area contributed by atoms with Crippen molar-refractivity contribution < 1.29 is 28.3 Å². The molecule has 0 radical (unpaired) electrons. The van der Waals surface area contributed by atoms with Gasteiger partial charge in [0, 0.05) is 37.8 Å². The van der Waals surface area contributed by atoms with Crippen LogP contribution in [0.25, 0.3) is 5.57 Å². The van der Waals surface area contributed by atoms with E-state index in [1.54, 1.807) is 22.3 Å². The van der Waals surface area contributed by atoms with Crippen LogP contribution in [0.15, 0.2) is 54.6 Å². The fourth-order valence-corrected chi connectivity index (χ4v) is 4.77. The Morgan fingerprint density at radius 2 is 1.82 bits per heavy atom. The van der Waals surface area contributed by atoms with Crippen LogP contribution in [0.4, 0.5) is 8.78 Å². The number of amides is 2. The first kappa shape index (κ1) is 23.8. The molecule has 4 rings (SSSR count). The first-order chi connectivity index (χ1) is 16.4. The lowest BCUT2D eigenvalue weighted by atomic mass is 9.86. The molecule has 1 saturated heterocycles. The smallest absolute Gasteiger partial charge is 0.248 e. The number of halogens is 2. The predicted molar refractivity (Wildman–Crippen MR) is 121 cm³/mol. The lowest BCUT2D eigenvalue weighted by Gasteiger charge is -2.43. The van der Waals surface area contributed by atoms with Gasteiger partial charge in [-0.1, -0.05) is 36.4 Å². The van der Waals surface area contributed by atoms with Crippen molar-refractivity contribution in [2.45, 2.75) is 25.0 Å². The predicted octanol–water partition coefficient (Wildman–Crippen LogP) is 2.85. The molecule has 34 heavy (non-hydrogen) atoms. The van der Waals surface area contributed by atoms with E-state index >= 15 is 0 Å². The third-order valence-electron chi connectivity index (χ3n) is 6.37. The molecule has 0 aromatic heterocycles. The van der Waals surface area contributed by atoms with Crippen LogP contribution in [0.3, 0.4) is 0 Å². The number of ether oxygens (including phenoxy) is 1. The van der Waals surface area contributed by atoms with Gasteiger partial charge in [-0.15, -0.1) is 0 Å². The second kappa shape index (κ2) is 10.3. The highest BCUT2D eigenvalue weighted by atomic mass is 19.1. The van der Waals surface area contributed by atoms with Gasteiger partial charge in [0.15, 0.2) is 0 Å². The highest BCUT2D eigenvalue weighted by molar-refractivity contribution is 5.90. The van der Waals surface area contributed by atoms with Crippen LogP contribution in [0, 0.1) is 17.6 Å². The van der Waals surface area contributed by atoms with Gasteiger partial charge in [-0.05, 0) is 31.0 Å². The molecule has 2 N–H and O–H groups in total. The van der Waals surface area contributed by atoms with Gasteiger partial charge < -0.3 is 9.64 Å². The maximum absolute atomic E-state index is 13.5. The number of benzene rings is 2. The highest BCUT2D eigenvalue weighted by Gasteiger charge is 2.45. The monoisotopic (exact) mass is 471 g/mol. The minimum atomic E-state index is -0.904. The van der Waals surface area contributed by atoms with Gasteiger partial charge in [-0.3, -0.25) is 19.7 Å². The van der Waals surface area contributed by atoms with Gasteiger partial charge in [0.25, 0.3) is 0 Å². The summed E-state index contributed by atoms with van der Waals surface area (Å²) in [4.78, 5) is 29.4. The summed E-state index contributed by atoms with van der Waals surface area (Å²) in [5.74, 6) is -3.37. The summed E-state index contributed by atoms with van der Waals surface area (Å²) < 4.78 is 32.8. The fraction of sp³-hybridized carbons (Fsp3) is 0.360. The molecule has 0 spiro atoms. The van der Waals surface area contributed by atoms with Crippen molar-refractivity contribution >= 4 is 17.4 Å². The molecule has 0 aliphatic carbocycles. The summed E-state index contributed by atoms with van der Waals surface area (Å²) in [6.07, 6.45) is 2.21. The second-order valence-corrected chi connectivity index (χ2v) is 8.68. The Morgan fingerprint density at radius 3 is 2.44 bits per heavy atom. The van der Waals surface area contributed by atoms with Gasteiger partial charge >= 0.3 is 0 Å². The lowest BCUT2D eigenvalue weighted by Crippen LogP contribution is -2.60. The number of rotatable bonds is 5. The lowest BCUT2D eigenvalue weighted by molar-refractivity contribution is -0.151. The van der Waals surface area contributed by atoms with Gasteiger partial charge in [0.05, 0.1) is 5.92 Å². The van der Waals surface area contributed by atoms with Crippen LogP contribution >= 0.6 is 0 Å². The number of piperidine rings is 1. The molecule has 7 nitrogen and oxygen atoms in total. The number of likely N-dealkylation sites (tertiary alicyclic amines) is 1. The average Bonchev–Trinajstić information content (AvgIpc) is 2.83. The van der Waals surface area contributed by atoms with E-state index in [1.807, 2.05) is 36.4 Å². The molecule has 2 unspecified atom stereocenters. The molecule has 3 atom stereocenters. The maximum Gasteiger partial charge on any atom is 0.248 e. The Bertz CT molecular complexity index is 1060. The van der Waals surface area contributed by atoms with Crippen molar-refractivity contribution in [1.82, 2.24) is 15.3 Å². The highest BCUT2D eigenvalue weighted by Crippen LogP contribution is 2.30. The van der Waals surface area contributed by atoms with Crippen LogP contribution in [0.5, 0.6) is 5.75 Å². The Balaban J connectivity index is 1.48. The summed E-state index contributed by atoms with van der Waals surface area (Å²) in [5.41, 5.74) is 3.94. The van der Waals surface area contributed by atoms with Crippen LogP contribution in [0.1, 0.15) is 18.4 Å². The Kier molecular flexibility index (Phi) is 7.23. The summed E-state index contributed by atoms with van der Waals surface area (Å²) in [6, 6.07) is 12.0. The summed E-state index contributed by atoms with van der Waals surface area (Å²) >= 11 is 0. The molecule has 9 heteroatoms. The van der Waals surface area contributed by atoms with Crippen LogP contribution in [0.2, 0.25) is 0 Å². The number of nitrogens with zero attached hydrogens (tertiary/aromatic N) is 2. The van der Waals surface area contributed by atoms with Crippen molar-refractivity contribution in [2.24, 2.45) is 5.92 Å². The van der Waals surface area contributed by atoms with Gasteiger partial charge in [-0.2, -0.15) is 0 Å². The van der Waals surface area contributed by atoms with E-state index in [9.17, 15) is 23.6 Å². The maximum atomic E-state index is 13.5. The molecule has 2 aromatic carbocycles. The second-order valence-electron chi connectivity index (χ2n) is 8.68. The van der Waals surface area contributed by atoms with E-state index < -0.39 is 35.6 Å². The van der Waals surface area contributed by atoms with Crippen molar-refractivity contribution in [3.63, 3.8) is 0 Å². The van der Waals surface area contributed by atoms with Crippen LogP contribution in [-0.4, -0.2) is 65.6 Å². The van der Waals surface area contributed by atoms with Crippen molar-refractivity contribution in [2.75, 3.05) is 26.7 Å². The summed E-state index contributed by atoms with van der Waals surface area (Å²) in [5, 5.41) is 9.30. The molecule has 180 valence electrons. The summed E-state index contributed by atoms with van der Waals surface area (Å²) in [6.45, 7) is 1.20. The van der Waals surface area contributed by atoms with Crippen LogP contribution < -0.4 is 10.2 Å². The number of hydrogen-bond acceptors (Lipinski definition) is 5. The Labute approximate surface area is 196 Å². The number of carbonyl (C=O) groups excluding carboxylic acids is 2. The van der Waals surface area contributed by atoms with Crippen molar-refractivity contribution in [1.29, 1.82) is 0 Å². The average molecular weight is 472 g/mol. The zero-order valence-corrected chi connectivity index (χ0v) is 18.8. The molecule has 0 saturated carbocycles. The molecule has 2 aromatic rings. The van der Waals surface area contributed by atoms with Gasteiger partial charge in [0.2, 0.25) is 11.8 Å². The first-order valence-corrected chi connectivity index (χ1v) is 11.2. The van der Waals surface area contributed by atoms with Crippen molar-refractivity contribution in [3.8, 4) is 5.75 Å². The molecular weight excluding hydrogens is 444 g/mol. The van der Waals surface area contributed by atoms with Gasteiger partial charge in [0.1, 0.15) is 29.5 Å². The zero-order valence-electron chi connectivity index (χ0n) is 18.8. The minimum absolute atomic E-state index is 0.00144. The normalized spacial score (nSPS) is 23.2. The number of hydrogen-bond donors (Lipinski definition) is 2. The first-order valence-electron chi connectivity index (χ1n) is 11.2. The molecule has 2 aliphatic rings. The molecule has 2 amide bonds. The van der Waals surface area contributed by atoms with E-state index in [1.165, 1.54) is 5.57 Å². The quantitative estimate of drug-likeness (QED) is 0.518. The minimum Gasteiger partial charge on any atom is -0.489 e. The topological polar surface area (TPSA) is 82.1 Å². The van der Waals surface area contributed by atoms with E-state index in [2.05, 4.69) is 0 Å². The molecular formula is C25H27F2N3O4. The zero-order chi connectivity index (χ0) is 24.2. The number of carbonyl (C=O) groups is 2. The third-order valence-corrected chi connectivity index (χ3v) is 6.37. The van der Waals surface area contributed by atoms with E-state index in [4.69, 9.17) is 4.74 Å². The Hall–Kier alpha value is -3.30. The summed E-state index contributed by atoms with van der Waals surface area (Å²) in [7, 11) is 1.69. The Morgan fingerprint density at radius 1 is 1.12 bits per heavy atom. The van der Waals surface area contributed by atoms with Crippen LogP contribution in [-0.2, 0) is 9.59 Å². The van der Waals surface area contributed by atoms with Crippen molar-refractivity contribution in [3.05, 3.63) is 71.8 Å². The van der Waals surface area contributed by atoms with E-state index in [-0.39, 0.29) is 24.6 Å².